The summed E-state index contributed by atoms with van der Waals surface area (Å²) < 4.78 is 0. The molecule has 1 saturated heterocycles. The molecule has 7 heteroatoms. The van der Waals surface area contributed by atoms with Crippen molar-refractivity contribution in [3.63, 3.8) is 0 Å². The Morgan fingerprint density at radius 3 is 3.03 bits per heavy atom. The quantitative estimate of drug-likeness (QED) is 0.517. The molecule has 1 unspecified atom stereocenters. The van der Waals surface area contributed by atoms with E-state index >= 15 is 0 Å². The third kappa shape index (κ3) is 4.35. The number of aromatic amines is 1. The molecule has 5 rings (SSSR count). The van der Waals surface area contributed by atoms with E-state index in [1.54, 1.807) is 13.2 Å². The summed E-state index contributed by atoms with van der Waals surface area (Å²) in [5.41, 5.74) is 8.40. The van der Waals surface area contributed by atoms with Crippen molar-refractivity contribution in [3.8, 4) is 0 Å². The summed E-state index contributed by atoms with van der Waals surface area (Å²) in [4.78, 5) is 22.6. The predicted molar refractivity (Wildman–Crippen MR) is 137 cm³/mol. The summed E-state index contributed by atoms with van der Waals surface area (Å²) >= 11 is 0. The zero-order valence-corrected chi connectivity index (χ0v) is 19.9. The van der Waals surface area contributed by atoms with E-state index in [2.05, 4.69) is 45.7 Å². The van der Waals surface area contributed by atoms with Gasteiger partial charge in [0.15, 0.2) is 0 Å². The molecule has 7 nitrogen and oxygen atoms in total. The van der Waals surface area contributed by atoms with E-state index < -0.39 is 0 Å². The summed E-state index contributed by atoms with van der Waals surface area (Å²) in [6.45, 7) is 4.35. The van der Waals surface area contributed by atoms with Crippen LogP contribution in [0.1, 0.15) is 36.8 Å². The van der Waals surface area contributed by atoms with E-state index in [-0.39, 0.29) is 11.6 Å². The first-order valence-corrected chi connectivity index (χ1v) is 12.1. The van der Waals surface area contributed by atoms with Gasteiger partial charge in [0.1, 0.15) is 11.4 Å². The van der Waals surface area contributed by atoms with Gasteiger partial charge in [-0.3, -0.25) is 10.2 Å². The molecule has 176 valence electrons. The number of nitrogens with zero attached hydrogens (tertiary/aromatic N) is 2. The Morgan fingerprint density at radius 2 is 2.24 bits per heavy atom. The van der Waals surface area contributed by atoms with Gasteiger partial charge in [0, 0.05) is 49.5 Å². The molecule has 0 aromatic carbocycles. The first-order chi connectivity index (χ1) is 16.5. The zero-order chi connectivity index (χ0) is 23.7. The van der Waals surface area contributed by atoms with Crippen molar-refractivity contribution >= 4 is 28.2 Å². The van der Waals surface area contributed by atoms with E-state index in [0.717, 1.165) is 42.4 Å². The van der Waals surface area contributed by atoms with Crippen molar-refractivity contribution in [1.29, 1.82) is 5.41 Å². The monoisotopic (exact) mass is 456 g/mol. The molecular formula is C27H32N6O. The maximum atomic E-state index is 12.9. The summed E-state index contributed by atoms with van der Waals surface area (Å²) in [6, 6.07) is 2.60. The van der Waals surface area contributed by atoms with Gasteiger partial charge < -0.3 is 20.5 Å². The highest BCUT2D eigenvalue weighted by Crippen LogP contribution is 2.35. The molecule has 0 radical (unpaired) electrons. The van der Waals surface area contributed by atoms with Crippen LogP contribution in [0.4, 0.5) is 0 Å². The maximum Gasteiger partial charge on any atom is 0.272 e. The number of aromatic nitrogens is 2. The lowest BCUT2D eigenvalue weighted by atomic mass is 9.92. The Kier molecular flexibility index (Phi) is 6.20. The SMILES string of the molecule is CN/C=C\C(=N)C(=O)N1CCC2=C(CC(C3CCCN3)=CC(c3cnc4[nH]cc(C)c4c3)=C2)C1. The van der Waals surface area contributed by atoms with Crippen LogP contribution in [-0.4, -0.2) is 59.2 Å². The van der Waals surface area contributed by atoms with E-state index in [4.69, 9.17) is 5.41 Å². The number of nitrogens with one attached hydrogen (secondary N) is 4. The van der Waals surface area contributed by atoms with Crippen molar-refractivity contribution in [2.45, 2.75) is 38.6 Å². The number of hydrogen-bond donors (Lipinski definition) is 4. The standard InChI is InChI=1S/C27H32N6O/c1-17-14-31-26-23(17)13-21(15-32-26)19-10-18-6-9-33(27(34)24(28)5-8-29-2)16-22(18)12-20(11-19)25-4-3-7-30-25/h5,8,10-11,13-15,25,28-30H,3-4,6-7,9,12,16H2,1-2H3,(H,31,32)/b8-5-,28-24?. The van der Waals surface area contributed by atoms with E-state index in [0.29, 0.717) is 19.1 Å². The Bertz CT molecular complexity index is 1260. The number of allylic oxidation sites excluding steroid dienone is 3. The van der Waals surface area contributed by atoms with Crippen molar-refractivity contribution in [2.24, 2.45) is 0 Å². The van der Waals surface area contributed by atoms with Gasteiger partial charge in [-0.1, -0.05) is 12.2 Å². The minimum absolute atomic E-state index is 0.0118. The van der Waals surface area contributed by atoms with Crippen molar-refractivity contribution in [2.75, 3.05) is 26.7 Å². The molecule has 2 aromatic heterocycles. The lowest BCUT2D eigenvalue weighted by Gasteiger charge is -2.30. The first kappa shape index (κ1) is 22.3. The molecule has 4 heterocycles. The van der Waals surface area contributed by atoms with Crippen LogP contribution in [0, 0.1) is 12.3 Å². The summed E-state index contributed by atoms with van der Waals surface area (Å²) in [6.07, 6.45) is 15.7. The third-order valence-electron chi connectivity index (χ3n) is 7.09. The lowest BCUT2D eigenvalue weighted by molar-refractivity contribution is -0.123. The number of aryl methyl sites for hydroxylation is 1. The minimum Gasteiger partial charge on any atom is -0.394 e. The Hall–Kier alpha value is -3.45. The van der Waals surface area contributed by atoms with Crippen molar-refractivity contribution < 1.29 is 4.79 Å². The highest BCUT2D eigenvalue weighted by molar-refractivity contribution is 6.42. The molecule has 1 amide bonds. The van der Waals surface area contributed by atoms with Crippen LogP contribution in [0.15, 0.2) is 59.6 Å². The average Bonchev–Trinajstić information content (AvgIpc) is 3.47. The zero-order valence-electron chi connectivity index (χ0n) is 19.9. The van der Waals surface area contributed by atoms with Gasteiger partial charge in [0.2, 0.25) is 0 Å². The molecule has 3 aliphatic rings. The first-order valence-electron chi connectivity index (χ1n) is 12.1. The summed E-state index contributed by atoms with van der Waals surface area (Å²) in [7, 11) is 1.76. The highest BCUT2D eigenvalue weighted by atomic mass is 16.2. The van der Waals surface area contributed by atoms with Gasteiger partial charge in [-0.2, -0.15) is 0 Å². The van der Waals surface area contributed by atoms with Gasteiger partial charge in [-0.05, 0) is 85.3 Å². The van der Waals surface area contributed by atoms with Gasteiger partial charge >= 0.3 is 0 Å². The second kappa shape index (κ2) is 9.43. The number of carbonyl (C=O) groups is 1. The topological polar surface area (TPSA) is 96.9 Å². The van der Waals surface area contributed by atoms with Crippen LogP contribution in [0.2, 0.25) is 0 Å². The Morgan fingerprint density at radius 1 is 1.35 bits per heavy atom. The van der Waals surface area contributed by atoms with Crippen LogP contribution in [0.25, 0.3) is 16.6 Å². The fourth-order valence-corrected chi connectivity index (χ4v) is 5.18. The number of hydrogen-bond acceptors (Lipinski definition) is 5. The third-order valence-corrected chi connectivity index (χ3v) is 7.09. The van der Waals surface area contributed by atoms with Crippen LogP contribution >= 0.6 is 0 Å². The van der Waals surface area contributed by atoms with Crippen LogP contribution in [-0.2, 0) is 4.79 Å². The molecule has 1 aliphatic carbocycles. The van der Waals surface area contributed by atoms with Crippen LogP contribution in [0.3, 0.4) is 0 Å². The molecule has 0 saturated carbocycles. The van der Waals surface area contributed by atoms with E-state index in [9.17, 15) is 4.79 Å². The van der Waals surface area contributed by atoms with Crippen molar-refractivity contribution in [1.82, 2.24) is 25.5 Å². The van der Waals surface area contributed by atoms with E-state index in [1.165, 1.54) is 40.4 Å². The largest absolute Gasteiger partial charge is 0.394 e. The number of fused-ring (bicyclic) bond motifs is 1. The molecule has 1 atom stereocenters. The fourth-order valence-electron chi connectivity index (χ4n) is 5.18. The molecule has 34 heavy (non-hydrogen) atoms. The second-order valence-electron chi connectivity index (χ2n) is 9.38. The molecule has 2 aromatic rings. The molecule has 1 fully saturated rings. The lowest BCUT2D eigenvalue weighted by Crippen LogP contribution is -2.40. The van der Waals surface area contributed by atoms with Crippen LogP contribution in [0.5, 0.6) is 0 Å². The van der Waals surface area contributed by atoms with Gasteiger partial charge in [0.25, 0.3) is 5.91 Å². The smallest absolute Gasteiger partial charge is 0.272 e. The molecule has 0 bridgehead atoms. The summed E-state index contributed by atoms with van der Waals surface area (Å²) in [5, 5.41) is 15.8. The number of H-pyrrole nitrogens is 1. The molecular weight excluding hydrogens is 424 g/mol. The number of pyridine rings is 1. The predicted octanol–water partition coefficient (Wildman–Crippen LogP) is 3.62. The number of amides is 1. The van der Waals surface area contributed by atoms with Crippen molar-refractivity contribution in [3.05, 3.63) is 70.7 Å². The number of rotatable bonds is 5. The fraction of sp³-hybridized carbons (Fsp3) is 0.370. The molecule has 4 N–H and O–H groups in total. The Labute approximate surface area is 200 Å². The second-order valence-corrected chi connectivity index (χ2v) is 9.38. The maximum absolute atomic E-state index is 12.9. The van der Waals surface area contributed by atoms with Crippen LogP contribution < -0.4 is 10.6 Å². The molecule has 0 spiro atoms. The van der Waals surface area contributed by atoms with Gasteiger partial charge in [-0.25, -0.2) is 4.98 Å². The summed E-state index contributed by atoms with van der Waals surface area (Å²) in [5.74, 6) is -0.214. The van der Waals surface area contributed by atoms with Gasteiger partial charge in [0.05, 0.1) is 0 Å². The average molecular weight is 457 g/mol. The normalized spacial score (nSPS) is 20.9. The number of carbonyl (C=O) groups excluding carboxylic acids is 1. The minimum atomic E-state index is -0.214. The van der Waals surface area contributed by atoms with Gasteiger partial charge in [-0.15, -0.1) is 0 Å². The Balaban J connectivity index is 1.50. The molecule has 2 aliphatic heterocycles. The van der Waals surface area contributed by atoms with E-state index in [1.807, 2.05) is 17.3 Å². The highest BCUT2D eigenvalue weighted by Gasteiger charge is 2.28.